The van der Waals surface area contributed by atoms with Crippen molar-refractivity contribution in [3.8, 4) is 11.3 Å². The number of aromatic nitrogens is 3. The number of ether oxygens (including phenoxy) is 4. The van der Waals surface area contributed by atoms with E-state index in [2.05, 4.69) is 20.3 Å². The molecule has 2 aliphatic rings. The number of carbonyl (C=O) groups excluding carboxylic acids is 2. The summed E-state index contributed by atoms with van der Waals surface area (Å²) < 4.78 is 46.7. The van der Waals surface area contributed by atoms with E-state index in [1.54, 1.807) is 25.3 Å². The van der Waals surface area contributed by atoms with Crippen LogP contribution in [0.25, 0.3) is 11.3 Å². The molecule has 5 rings (SSSR count). The van der Waals surface area contributed by atoms with Gasteiger partial charge in [0.1, 0.15) is 17.2 Å². The van der Waals surface area contributed by atoms with Crippen molar-refractivity contribution < 1.29 is 42.4 Å². The van der Waals surface area contributed by atoms with Crippen molar-refractivity contribution >= 4 is 23.8 Å². The van der Waals surface area contributed by atoms with E-state index in [1.165, 1.54) is 18.3 Å². The number of nitrogens with one attached hydrogen (secondary N) is 1. The predicted octanol–water partition coefficient (Wildman–Crippen LogP) is 6.62. The van der Waals surface area contributed by atoms with Crippen molar-refractivity contribution in [1.82, 2.24) is 15.0 Å². The summed E-state index contributed by atoms with van der Waals surface area (Å²) in [6.07, 6.45) is 3.34. The number of halogens is 2. The molecule has 2 fully saturated rings. The van der Waals surface area contributed by atoms with Crippen LogP contribution < -0.4 is 5.32 Å². The van der Waals surface area contributed by atoms with E-state index in [4.69, 9.17) is 18.9 Å². The molecule has 0 spiro atoms. The molecule has 2 N–H and O–H groups in total. The fraction of sp³-hybridized carbons (Fsp3) is 0.500. The Bertz CT molecular complexity index is 1510. The van der Waals surface area contributed by atoms with Crippen LogP contribution in [0.4, 0.5) is 25.2 Å². The van der Waals surface area contributed by atoms with E-state index >= 15 is 0 Å². The number of anilines is 2. The molecule has 13 heteroatoms. The number of pyridine rings is 3. The van der Waals surface area contributed by atoms with Gasteiger partial charge in [0.15, 0.2) is 0 Å². The minimum Gasteiger partial charge on any atom is -0.434 e. The lowest BCUT2D eigenvalue weighted by Crippen LogP contribution is -2.37. The molecule has 1 aliphatic carbocycles. The van der Waals surface area contributed by atoms with Crippen LogP contribution in [0.15, 0.2) is 48.8 Å². The van der Waals surface area contributed by atoms with Gasteiger partial charge in [-0.1, -0.05) is 0 Å². The number of rotatable bonds is 11. The molecule has 3 aromatic heterocycles. The second kappa shape index (κ2) is 15.6. The lowest BCUT2D eigenvalue weighted by Gasteiger charge is -2.37. The molecule has 4 heterocycles. The quantitative estimate of drug-likeness (QED) is 0.170. The van der Waals surface area contributed by atoms with Crippen LogP contribution in [0.5, 0.6) is 0 Å². The van der Waals surface area contributed by atoms with Crippen molar-refractivity contribution in [3.05, 3.63) is 65.6 Å². The lowest BCUT2D eigenvalue weighted by molar-refractivity contribution is -0.160. The molecular weight excluding hydrogens is 614 g/mol. The average molecular weight is 655 g/mol. The summed E-state index contributed by atoms with van der Waals surface area (Å²) in [4.78, 5) is 37.7. The Balaban J connectivity index is 1.11. The highest BCUT2D eigenvalue weighted by Gasteiger charge is 2.39. The monoisotopic (exact) mass is 654 g/mol. The minimum atomic E-state index is -2.61. The molecule has 0 amide bonds. The zero-order valence-corrected chi connectivity index (χ0v) is 26.5. The Hall–Kier alpha value is -4.23. The van der Waals surface area contributed by atoms with Crippen LogP contribution in [0, 0.1) is 24.7 Å². The van der Waals surface area contributed by atoms with E-state index in [9.17, 15) is 23.5 Å². The number of nitrogens with zero attached hydrogens (tertiary/aromatic N) is 3. The summed E-state index contributed by atoms with van der Waals surface area (Å²) in [6, 6.07) is 9.81. The molecule has 1 aliphatic heterocycles. The van der Waals surface area contributed by atoms with Gasteiger partial charge in [0.25, 0.3) is 6.43 Å². The van der Waals surface area contributed by atoms with Gasteiger partial charge in [-0.05, 0) is 106 Å². The SMILES string of the molecule is Cc1cc(Nc2cc(C(F)F)ccn2)nc(-c2ccc([C@](C)(O)C3CCC(C(=O)OCOC(=O)OCC4CCOCC4)CC3)nc2)c1. The molecule has 47 heavy (non-hydrogen) atoms. The third kappa shape index (κ3) is 9.19. The Labute approximate surface area is 272 Å². The zero-order chi connectivity index (χ0) is 33.4. The summed E-state index contributed by atoms with van der Waals surface area (Å²) >= 11 is 0. The predicted molar refractivity (Wildman–Crippen MR) is 167 cm³/mol. The smallest absolute Gasteiger partial charge is 0.434 e. The van der Waals surface area contributed by atoms with Crippen molar-refractivity contribution in [2.75, 3.05) is 31.9 Å². The van der Waals surface area contributed by atoms with Crippen LogP contribution >= 0.6 is 0 Å². The second-order valence-electron chi connectivity index (χ2n) is 12.3. The first-order valence-corrected chi connectivity index (χ1v) is 15.8. The normalized spacial score (nSPS) is 19.9. The fourth-order valence-electron chi connectivity index (χ4n) is 6.00. The molecule has 0 radical (unpaired) electrons. The van der Waals surface area contributed by atoms with Crippen molar-refractivity contribution in [2.24, 2.45) is 17.8 Å². The third-order valence-electron chi connectivity index (χ3n) is 8.85. The van der Waals surface area contributed by atoms with Crippen molar-refractivity contribution in [3.63, 3.8) is 0 Å². The van der Waals surface area contributed by atoms with Crippen molar-refractivity contribution in [1.29, 1.82) is 0 Å². The molecular formula is C34H40F2N4O7. The van der Waals surface area contributed by atoms with Crippen LogP contribution in [0.3, 0.4) is 0 Å². The number of carbonyl (C=O) groups is 2. The first-order valence-electron chi connectivity index (χ1n) is 15.8. The van der Waals surface area contributed by atoms with Gasteiger partial charge in [0.05, 0.1) is 23.9 Å². The molecule has 11 nitrogen and oxygen atoms in total. The number of alkyl halides is 2. The number of esters is 1. The fourth-order valence-corrected chi connectivity index (χ4v) is 6.00. The average Bonchev–Trinajstić information content (AvgIpc) is 3.07. The standard InChI is InChI=1S/C34H40F2N4O7/c1-21-15-27(39-30(16-21)40-29-17-24(31(35)36)9-12-37-29)25-5-8-28(38-18-25)34(2,43)26-6-3-23(4-7-26)32(41)46-20-47-33(42)45-19-22-10-13-44-14-11-22/h5,8-9,12,15-18,22-23,26,31,43H,3-4,6-7,10-11,13-14,19-20H2,1-2H3,(H,37,39,40)/t23?,26?,34-/m1/s1. The maximum absolute atomic E-state index is 13.1. The maximum Gasteiger partial charge on any atom is 0.511 e. The Morgan fingerprint density at radius 3 is 2.47 bits per heavy atom. The number of aryl methyl sites for hydroxylation is 1. The first kappa shape index (κ1) is 34.1. The van der Waals surface area contributed by atoms with Crippen LogP contribution in [0.1, 0.15) is 68.7 Å². The first-order chi connectivity index (χ1) is 22.6. The summed E-state index contributed by atoms with van der Waals surface area (Å²) in [5.41, 5.74) is 1.35. The van der Waals surface area contributed by atoms with Gasteiger partial charge >= 0.3 is 12.1 Å². The van der Waals surface area contributed by atoms with E-state index in [0.29, 0.717) is 61.7 Å². The molecule has 1 saturated carbocycles. The number of hydrogen-bond acceptors (Lipinski definition) is 11. The van der Waals surface area contributed by atoms with Gasteiger partial charge in [0.2, 0.25) is 6.79 Å². The second-order valence-corrected chi connectivity index (χ2v) is 12.3. The zero-order valence-electron chi connectivity index (χ0n) is 26.5. The highest BCUT2D eigenvalue weighted by atomic mass is 19.3. The largest absolute Gasteiger partial charge is 0.511 e. The maximum atomic E-state index is 13.1. The van der Waals surface area contributed by atoms with Gasteiger partial charge in [-0.15, -0.1) is 0 Å². The molecule has 252 valence electrons. The van der Waals surface area contributed by atoms with Crippen LogP contribution in [-0.4, -0.2) is 58.8 Å². The molecule has 0 bridgehead atoms. The number of aliphatic hydroxyl groups is 1. The molecule has 3 aromatic rings. The van der Waals surface area contributed by atoms with E-state index < -0.39 is 30.9 Å². The summed E-state index contributed by atoms with van der Waals surface area (Å²) in [7, 11) is 0. The topological polar surface area (TPSA) is 142 Å². The summed E-state index contributed by atoms with van der Waals surface area (Å²) in [5, 5.41) is 14.5. The van der Waals surface area contributed by atoms with Crippen LogP contribution in [-0.2, 0) is 29.3 Å². The summed E-state index contributed by atoms with van der Waals surface area (Å²) in [5.74, 6) is 0.0112. The molecule has 0 unspecified atom stereocenters. The number of hydrogen-bond donors (Lipinski definition) is 2. The summed E-state index contributed by atoms with van der Waals surface area (Å²) in [6.45, 7) is 4.67. The lowest BCUT2D eigenvalue weighted by atomic mass is 9.73. The van der Waals surface area contributed by atoms with Gasteiger partial charge in [0, 0.05) is 36.7 Å². The molecule has 1 atom stereocenters. The molecule has 0 aromatic carbocycles. The van der Waals surface area contributed by atoms with Gasteiger partial charge < -0.3 is 29.4 Å². The van der Waals surface area contributed by atoms with Crippen molar-refractivity contribution in [2.45, 2.75) is 64.4 Å². The minimum absolute atomic E-state index is 0.134. The van der Waals surface area contributed by atoms with Crippen LogP contribution in [0.2, 0.25) is 0 Å². The van der Waals surface area contributed by atoms with Gasteiger partial charge in [-0.2, -0.15) is 0 Å². The Morgan fingerprint density at radius 2 is 1.77 bits per heavy atom. The van der Waals surface area contributed by atoms with Gasteiger partial charge in [-0.25, -0.2) is 23.5 Å². The Morgan fingerprint density at radius 1 is 1.00 bits per heavy atom. The van der Waals surface area contributed by atoms with Gasteiger partial charge in [-0.3, -0.25) is 9.78 Å². The highest BCUT2D eigenvalue weighted by Crippen LogP contribution is 2.41. The van der Waals surface area contributed by atoms with E-state index in [0.717, 1.165) is 18.4 Å². The highest BCUT2D eigenvalue weighted by molar-refractivity contribution is 5.72. The van der Waals surface area contributed by atoms with E-state index in [1.807, 2.05) is 19.1 Å². The molecule has 1 saturated heterocycles. The third-order valence-corrected chi connectivity index (χ3v) is 8.85. The van der Waals surface area contributed by atoms with E-state index in [-0.39, 0.29) is 35.7 Å². The Kier molecular flexibility index (Phi) is 11.3.